The molecule has 148 valence electrons. The van der Waals surface area contributed by atoms with Gasteiger partial charge in [0.15, 0.2) is 0 Å². The fourth-order valence-corrected chi connectivity index (χ4v) is 3.86. The first-order chi connectivity index (χ1) is 14.1. The van der Waals surface area contributed by atoms with Crippen molar-refractivity contribution in [2.24, 2.45) is 0 Å². The maximum atomic E-state index is 12.9. The second-order valence-electron chi connectivity index (χ2n) is 7.06. The van der Waals surface area contributed by atoms with Crippen LogP contribution >= 0.6 is 15.9 Å². The molecule has 29 heavy (non-hydrogen) atoms. The van der Waals surface area contributed by atoms with Gasteiger partial charge in [-0.2, -0.15) is 5.10 Å². The van der Waals surface area contributed by atoms with Gasteiger partial charge in [-0.15, -0.1) is 0 Å². The highest BCUT2D eigenvalue weighted by Crippen LogP contribution is 2.23. The molecule has 4 rings (SSSR count). The van der Waals surface area contributed by atoms with Crippen molar-refractivity contribution < 1.29 is 9.59 Å². The van der Waals surface area contributed by atoms with Crippen molar-refractivity contribution >= 4 is 33.4 Å². The monoisotopic (exact) mass is 452 g/mol. The molecular formula is C22H21BrN4O2. The summed E-state index contributed by atoms with van der Waals surface area (Å²) in [6, 6.07) is 16.4. The quantitative estimate of drug-likeness (QED) is 0.637. The summed E-state index contributed by atoms with van der Waals surface area (Å²) in [6.45, 7) is 1.22. The van der Waals surface area contributed by atoms with Gasteiger partial charge in [0.25, 0.3) is 5.91 Å². The lowest BCUT2D eigenvalue weighted by molar-refractivity contribution is -0.119. The van der Waals surface area contributed by atoms with E-state index < -0.39 is 6.04 Å². The normalized spacial score (nSPS) is 16.0. The number of likely N-dealkylation sites (tertiary alicyclic amines) is 1. The number of benzene rings is 2. The van der Waals surface area contributed by atoms with E-state index in [2.05, 4.69) is 26.3 Å². The van der Waals surface area contributed by atoms with Crippen LogP contribution in [0.15, 0.2) is 71.5 Å². The van der Waals surface area contributed by atoms with Gasteiger partial charge in [-0.05, 0) is 60.9 Å². The third kappa shape index (κ3) is 4.56. The van der Waals surface area contributed by atoms with Crippen molar-refractivity contribution in [3.63, 3.8) is 0 Å². The zero-order valence-corrected chi connectivity index (χ0v) is 17.4. The number of halogens is 1. The molecule has 2 heterocycles. The molecule has 0 aliphatic carbocycles. The fourth-order valence-electron chi connectivity index (χ4n) is 3.59. The van der Waals surface area contributed by atoms with E-state index in [1.807, 2.05) is 53.3 Å². The maximum Gasteiger partial charge on any atom is 0.254 e. The molecular weight excluding hydrogens is 432 g/mol. The van der Waals surface area contributed by atoms with Crippen LogP contribution in [0.4, 0.5) is 5.69 Å². The largest absolute Gasteiger partial charge is 0.327 e. The predicted molar refractivity (Wildman–Crippen MR) is 115 cm³/mol. The van der Waals surface area contributed by atoms with Crippen LogP contribution in [0, 0.1) is 0 Å². The van der Waals surface area contributed by atoms with Gasteiger partial charge in [-0.3, -0.25) is 14.3 Å². The smallest absolute Gasteiger partial charge is 0.254 e. The molecule has 0 bridgehead atoms. The highest BCUT2D eigenvalue weighted by Gasteiger charge is 2.34. The lowest BCUT2D eigenvalue weighted by Crippen LogP contribution is -2.43. The lowest BCUT2D eigenvalue weighted by atomic mass is 10.1. The molecule has 0 radical (unpaired) electrons. The highest BCUT2D eigenvalue weighted by atomic mass is 79.9. The first kappa shape index (κ1) is 19.4. The zero-order valence-electron chi connectivity index (χ0n) is 15.8. The maximum absolute atomic E-state index is 12.9. The molecule has 6 nitrogen and oxygen atoms in total. The highest BCUT2D eigenvalue weighted by molar-refractivity contribution is 9.10. The Morgan fingerprint density at radius 2 is 1.97 bits per heavy atom. The molecule has 1 saturated heterocycles. The molecule has 1 N–H and O–H groups in total. The van der Waals surface area contributed by atoms with Gasteiger partial charge in [0, 0.05) is 34.7 Å². The number of carbonyl (C=O) groups is 2. The van der Waals surface area contributed by atoms with E-state index in [0.29, 0.717) is 25.1 Å². The van der Waals surface area contributed by atoms with E-state index in [9.17, 15) is 9.59 Å². The van der Waals surface area contributed by atoms with Crippen molar-refractivity contribution in [2.45, 2.75) is 25.4 Å². The molecule has 1 aliphatic heterocycles. The molecule has 1 aliphatic rings. The molecule has 1 atom stereocenters. The van der Waals surface area contributed by atoms with E-state index in [1.54, 1.807) is 23.2 Å². The predicted octanol–water partition coefficient (Wildman–Crippen LogP) is 3.94. The van der Waals surface area contributed by atoms with Crippen LogP contribution in [0.1, 0.15) is 28.8 Å². The Bertz CT molecular complexity index is 1000. The zero-order chi connectivity index (χ0) is 20.2. The topological polar surface area (TPSA) is 67.2 Å². The summed E-state index contributed by atoms with van der Waals surface area (Å²) >= 11 is 3.38. The standard InChI is InChI=1S/C22H21BrN4O2/c23-18-9-7-17(8-10-18)22(29)27-13-2-6-20(27)21(28)25-19-5-1-4-16(14-19)15-26-12-3-11-24-26/h1,3-5,7-12,14,20H,2,6,13,15H2,(H,25,28). The van der Waals surface area contributed by atoms with E-state index in [-0.39, 0.29) is 11.8 Å². The summed E-state index contributed by atoms with van der Waals surface area (Å²) in [5.74, 6) is -0.258. The number of aromatic nitrogens is 2. The van der Waals surface area contributed by atoms with Gasteiger partial charge >= 0.3 is 0 Å². The van der Waals surface area contributed by atoms with E-state index in [1.165, 1.54) is 0 Å². The molecule has 1 unspecified atom stereocenters. The SMILES string of the molecule is O=C(Nc1cccc(Cn2cccn2)c1)C1CCCN1C(=O)c1ccc(Br)cc1. The summed E-state index contributed by atoms with van der Waals surface area (Å²) in [5.41, 5.74) is 2.36. The number of anilines is 1. The summed E-state index contributed by atoms with van der Waals surface area (Å²) in [6.07, 6.45) is 5.12. The third-order valence-corrected chi connectivity index (χ3v) is 5.53. The molecule has 7 heteroatoms. The lowest BCUT2D eigenvalue weighted by Gasteiger charge is -2.24. The Hall–Kier alpha value is -2.93. The number of nitrogens with zero attached hydrogens (tertiary/aromatic N) is 3. The van der Waals surface area contributed by atoms with Crippen molar-refractivity contribution in [3.05, 3.63) is 82.6 Å². The molecule has 2 amide bonds. The summed E-state index contributed by atoms with van der Waals surface area (Å²) in [7, 11) is 0. The third-order valence-electron chi connectivity index (χ3n) is 5.01. The van der Waals surface area contributed by atoms with Crippen LogP contribution in [-0.2, 0) is 11.3 Å². The minimum atomic E-state index is -0.457. The van der Waals surface area contributed by atoms with Crippen molar-refractivity contribution in [2.75, 3.05) is 11.9 Å². The van der Waals surface area contributed by atoms with Gasteiger partial charge < -0.3 is 10.2 Å². The van der Waals surface area contributed by atoms with Gasteiger partial charge in [0.2, 0.25) is 5.91 Å². The Kier molecular flexibility index (Phi) is 5.76. The van der Waals surface area contributed by atoms with Crippen molar-refractivity contribution in [1.82, 2.24) is 14.7 Å². The molecule has 0 saturated carbocycles. The van der Waals surface area contributed by atoms with Crippen LogP contribution in [0.3, 0.4) is 0 Å². The average molecular weight is 453 g/mol. The van der Waals surface area contributed by atoms with Gasteiger partial charge in [0.1, 0.15) is 6.04 Å². The Labute approximate surface area is 177 Å². The van der Waals surface area contributed by atoms with Crippen LogP contribution in [0.25, 0.3) is 0 Å². The number of rotatable bonds is 5. The van der Waals surface area contributed by atoms with Gasteiger partial charge in [0.05, 0.1) is 6.54 Å². The van der Waals surface area contributed by atoms with Crippen molar-refractivity contribution in [1.29, 1.82) is 0 Å². The number of hydrogen-bond acceptors (Lipinski definition) is 3. The first-order valence-electron chi connectivity index (χ1n) is 9.54. The molecule has 1 fully saturated rings. The number of hydrogen-bond donors (Lipinski definition) is 1. The van der Waals surface area contributed by atoms with E-state index in [0.717, 1.165) is 22.1 Å². The molecule has 2 aromatic carbocycles. The minimum Gasteiger partial charge on any atom is -0.327 e. The second-order valence-corrected chi connectivity index (χ2v) is 7.97. The molecule has 3 aromatic rings. The number of nitrogens with one attached hydrogen (secondary N) is 1. The van der Waals surface area contributed by atoms with Crippen LogP contribution < -0.4 is 5.32 Å². The van der Waals surface area contributed by atoms with Crippen LogP contribution in [0.5, 0.6) is 0 Å². The summed E-state index contributed by atoms with van der Waals surface area (Å²) in [4.78, 5) is 27.5. The van der Waals surface area contributed by atoms with Crippen LogP contribution in [-0.4, -0.2) is 39.1 Å². The number of amides is 2. The first-order valence-corrected chi connectivity index (χ1v) is 10.3. The van der Waals surface area contributed by atoms with E-state index >= 15 is 0 Å². The Morgan fingerprint density at radius 3 is 2.72 bits per heavy atom. The van der Waals surface area contributed by atoms with Gasteiger partial charge in [-0.25, -0.2) is 0 Å². The Morgan fingerprint density at radius 1 is 1.14 bits per heavy atom. The second kappa shape index (κ2) is 8.61. The van der Waals surface area contributed by atoms with Crippen LogP contribution in [0.2, 0.25) is 0 Å². The number of carbonyl (C=O) groups excluding carboxylic acids is 2. The summed E-state index contributed by atoms with van der Waals surface area (Å²) < 4.78 is 2.75. The van der Waals surface area contributed by atoms with E-state index in [4.69, 9.17) is 0 Å². The van der Waals surface area contributed by atoms with Crippen molar-refractivity contribution in [3.8, 4) is 0 Å². The van der Waals surface area contributed by atoms with Gasteiger partial charge in [-0.1, -0.05) is 28.1 Å². The average Bonchev–Trinajstić information content (AvgIpc) is 3.40. The molecule has 0 spiro atoms. The minimum absolute atomic E-state index is 0.109. The Balaban J connectivity index is 1.44. The summed E-state index contributed by atoms with van der Waals surface area (Å²) in [5, 5.41) is 7.19. The molecule has 1 aromatic heterocycles. The fraction of sp³-hybridized carbons (Fsp3) is 0.227.